The maximum atomic E-state index is 5.28. The Morgan fingerprint density at radius 2 is 2.00 bits per heavy atom. The summed E-state index contributed by atoms with van der Waals surface area (Å²) in [5.74, 6) is 1.42. The largest absolute Gasteiger partial charge is 0.378 e. The van der Waals surface area contributed by atoms with Gasteiger partial charge in [-0.05, 0) is 0 Å². The molecule has 1 fully saturated rings. The fraction of sp³-hybridized carbons (Fsp3) is 0.667. The predicted molar refractivity (Wildman–Crippen MR) is 57.2 cm³/mol. The molecule has 1 aliphatic rings. The molecular formula is C9H15N5O. The molecule has 1 aromatic heterocycles. The first-order valence-electron chi connectivity index (χ1n) is 4.96. The van der Waals surface area contributed by atoms with Gasteiger partial charge >= 0.3 is 0 Å². The van der Waals surface area contributed by atoms with Crippen molar-refractivity contribution >= 4 is 11.9 Å². The van der Waals surface area contributed by atoms with Crippen molar-refractivity contribution in [3.63, 3.8) is 0 Å². The lowest BCUT2D eigenvalue weighted by Crippen LogP contribution is -2.37. The Kier molecular flexibility index (Phi) is 2.96. The monoisotopic (exact) mass is 209 g/mol. The third-order valence-electron chi connectivity index (χ3n) is 2.24. The first-order valence-corrected chi connectivity index (χ1v) is 4.96. The minimum Gasteiger partial charge on any atom is -0.378 e. The zero-order valence-electron chi connectivity index (χ0n) is 9.05. The van der Waals surface area contributed by atoms with Gasteiger partial charge in [0, 0.05) is 27.2 Å². The van der Waals surface area contributed by atoms with Crippen LogP contribution in [0.25, 0.3) is 0 Å². The Labute approximate surface area is 88.9 Å². The highest BCUT2D eigenvalue weighted by Gasteiger charge is 2.14. The van der Waals surface area contributed by atoms with Gasteiger partial charge in [-0.2, -0.15) is 4.98 Å². The molecule has 6 heteroatoms. The van der Waals surface area contributed by atoms with E-state index in [0.29, 0.717) is 5.95 Å². The van der Waals surface area contributed by atoms with Crippen LogP contribution in [0.5, 0.6) is 0 Å². The van der Waals surface area contributed by atoms with Crippen LogP contribution in [0.4, 0.5) is 11.9 Å². The van der Waals surface area contributed by atoms with Crippen molar-refractivity contribution in [2.75, 3.05) is 50.2 Å². The van der Waals surface area contributed by atoms with Gasteiger partial charge in [0.15, 0.2) is 0 Å². The number of hydrogen-bond donors (Lipinski definition) is 0. The molecule has 82 valence electrons. The van der Waals surface area contributed by atoms with Gasteiger partial charge < -0.3 is 14.5 Å². The van der Waals surface area contributed by atoms with E-state index in [1.807, 2.05) is 19.0 Å². The van der Waals surface area contributed by atoms with E-state index >= 15 is 0 Å². The third-order valence-corrected chi connectivity index (χ3v) is 2.24. The standard InChI is InChI=1S/C9H15N5O/c1-13(2)8-10-7-11-9(12-8)14-3-5-15-6-4-14/h7H,3-6H2,1-2H3. The lowest BCUT2D eigenvalue weighted by Gasteiger charge is -2.26. The zero-order chi connectivity index (χ0) is 10.7. The Morgan fingerprint density at radius 3 is 2.67 bits per heavy atom. The van der Waals surface area contributed by atoms with Crippen LogP contribution < -0.4 is 9.80 Å². The summed E-state index contributed by atoms with van der Waals surface area (Å²) in [4.78, 5) is 16.6. The van der Waals surface area contributed by atoms with Crippen LogP contribution in [0.2, 0.25) is 0 Å². The fourth-order valence-electron chi connectivity index (χ4n) is 1.41. The number of rotatable bonds is 2. The maximum absolute atomic E-state index is 5.28. The average molecular weight is 209 g/mol. The van der Waals surface area contributed by atoms with Crippen LogP contribution in [-0.4, -0.2) is 55.4 Å². The second-order valence-electron chi connectivity index (χ2n) is 3.58. The van der Waals surface area contributed by atoms with Gasteiger partial charge in [0.05, 0.1) is 13.2 Å². The first-order chi connectivity index (χ1) is 7.27. The van der Waals surface area contributed by atoms with Crippen molar-refractivity contribution in [2.24, 2.45) is 0 Å². The van der Waals surface area contributed by atoms with Gasteiger partial charge in [-0.3, -0.25) is 0 Å². The molecule has 0 bridgehead atoms. The molecule has 15 heavy (non-hydrogen) atoms. The number of anilines is 2. The SMILES string of the molecule is CN(C)c1ncnc(N2CCOCC2)n1. The molecule has 0 aromatic carbocycles. The molecule has 6 nitrogen and oxygen atoms in total. The minimum absolute atomic E-state index is 0.687. The summed E-state index contributed by atoms with van der Waals surface area (Å²) in [6.07, 6.45) is 1.55. The molecule has 0 aliphatic carbocycles. The fourth-order valence-corrected chi connectivity index (χ4v) is 1.41. The molecule has 0 spiro atoms. The highest BCUT2D eigenvalue weighted by atomic mass is 16.5. The summed E-state index contributed by atoms with van der Waals surface area (Å²) in [7, 11) is 3.83. The van der Waals surface area contributed by atoms with Gasteiger partial charge in [0.25, 0.3) is 0 Å². The third kappa shape index (κ3) is 2.33. The number of hydrogen-bond acceptors (Lipinski definition) is 6. The summed E-state index contributed by atoms with van der Waals surface area (Å²) in [5, 5.41) is 0. The lowest BCUT2D eigenvalue weighted by atomic mass is 10.4. The van der Waals surface area contributed by atoms with Crippen LogP contribution in [0.15, 0.2) is 6.33 Å². The molecule has 0 atom stereocenters. The quantitative estimate of drug-likeness (QED) is 0.671. The molecule has 0 radical (unpaired) electrons. The molecule has 2 rings (SSSR count). The van der Waals surface area contributed by atoms with E-state index in [1.165, 1.54) is 0 Å². The molecular weight excluding hydrogens is 194 g/mol. The van der Waals surface area contributed by atoms with Crippen LogP contribution in [0.1, 0.15) is 0 Å². The van der Waals surface area contributed by atoms with E-state index in [-0.39, 0.29) is 0 Å². The Balaban J connectivity index is 2.16. The predicted octanol–water partition coefficient (Wildman–Crippen LogP) is -0.226. The average Bonchev–Trinajstić information content (AvgIpc) is 2.30. The second kappa shape index (κ2) is 4.39. The summed E-state index contributed by atoms with van der Waals surface area (Å²) in [6, 6.07) is 0. The molecule has 1 saturated heterocycles. The van der Waals surface area contributed by atoms with Gasteiger partial charge in [0.2, 0.25) is 11.9 Å². The van der Waals surface area contributed by atoms with Crippen molar-refractivity contribution in [2.45, 2.75) is 0 Å². The molecule has 2 heterocycles. The van der Waals surface area contributed by atoms with Gasteiger partial charge in [-0.1, -0.05) is 0 Å². The topological polar surface area (TPSA) is 54.4 Å². The number of ether oxygens (including phenoxy) is 1. The van der Waals surface area contributed by atoms with Crippen LogP contribution >= 0.6 is 0 Å². The normalized spacial score (nSPS) is 16.5. The molecule has 0 amide bonds. The van der Waals surface area contributed by atoms with Gasteiger partial charge in [-0.25, -0.2) is 9.97 Å². The Morgan fingerprint density at radius 1 is 1.27 bits per heavy atom. The molecule has 1 aliphatic heterocycles. The van der Waals surface area contributed by atoms with E-state index in [0.717, 1.165) is 32.3 Å². The number of morpholine rings is 1. The Bertz CT molecular complexity index is 324. The Hall–Kier alpha value is -1.43. The first kappa shape index (κ1) is 10.1. The molecule has 0 saturated carbocycles. The summed E-state index contributed by atoms with van der Waals surface area (Å²) in [6.45, 7) is 3.17. The maximum Gasteiger partial charge on any atom is 0.230 e. The zero-order valence-corrected chi connectivity index (χ0v) is 9.05. The van der Waals surface area contributed by atoms with Crippen molar-refractivity contribution in [3.05, 3.63) is 6.33 Å². The smallest absolute Gasteiger partial charge is 0.230 e. The van der Waals surface area contributed by atoms with Gasteiger partial charge in [0.1, 0.15) is 6.33 Å². The highest BCUT2D eigenvalue weighted by molar-refractivity contribution is 5.36. The van der Waals surface area contributed by atoms with E-state index < -0.39 is 0 Å². The highest BCUT2D eigenvalue weighted by Crippen LogP contribution is 2.11. The molecule has 1 aromatic rings. The van der Waals surface area contributed by atoms with Crippen LogP contribution in [0, 0.1) is 0 Å². The van der Waals surface area contributed by atoms with Crippen molar-refractivity contribution in [1.29, 1.82) is 0 Å². The lowest BCUT2D eigenvalue weighted by molar-refractivity contribution is 0.122. The van der Waals surface area contributed by atoms with E-state index in [4.69, 9.17) is 4.74 Å². The summed E-state index contributed by atoms with van der Waals surface area (Å²) >= 11 is 0. The van der Waals surface area contributed by atoms with E-state index in [9.17, 15) is 0 Å². The van der Waals surface area contributed by atoms with Crippen molar-refractivity contribution in [3.8, 4) is 0 Å². The van der Waals surface area contributed by atoms with E-state index in [1.54, 1.807) is 6.33 Å². The van der Waals surface area contributed by atoms with E-state index in [2.05, 4.69) is 19.9 Å². The molecule has 0 N–H and O–H groups in total. The summed E-state index contributed by atoms with van der Waals surface area (Å²) < 4.78 is 5.28. The van der Waals surface area contributed by atoms with Crippen LogP contribution in [-0.2, 0) is 4.74 Å². The van der Waals surface area contributed by atoms with Crippen LogP contribution in [0.3, 0.4) is 0 Å². The number of aromatic nitrogens is 3. The van der Waals surface area contributed by atoms with Crippen molar-refractivity contribution < 1.29 is 4.74 Å². The van der Waals surface area contributed by atoms with Crippen molar-refractivity contribution in [1.82, 2.24) is 15.0 Å². The van der Waals surface area contributed by atoms with Gasteiger partial charge in [-0.15, -0.1) is 0 Å². The summed E-state index contributed by atoms with van der Waals surface area (Å²) in [5.41, 5.74) is 0. The number of nitrogens with zero attached hydrogens (tertiary/aromatic N) is 5. The second-order valence-corrected chi connectivity index (χ2v) is 3.58. The molecule has 0 unspecified atom stereocenters. The minimum atomic E-state index is 0.687.